The molecular formula is C27H26ClFN4O. The SMILES string of the molecule is C[C@H](C(=O)N1CCN(c2ccccc2F)CC1)n1c(Cc2cccc(Cl)c2)nc2ccccc21. The minimum atomic E-state index is -0.415. The number of fused-ring (bicyclic) bond motifs is 1. The molecule has 0 unspecified atom stereocenters. The van der Waals surface area contributed by atoms with E-state index in [1.807, 2.05) is 75.9 Å². The number of rotatable bonds is 5. The lowest BCUT2D eigenvalue weighted by Crippen LogP contribution is -2.50. The van der Waals surface area contributed by atoms with Gasteiger partial charge in [0.2, 0.25) is 5.91 Å². The normalized spacial score (nSPS) is 15.0. The van der Waals surface area contributed by atoms with Crippen LogP contribution in [-0.2, 0) is 11.2 Å². The second-order valence-electron chi connectivity index (χ2n) is 8.63. The lowest BCUT2D eigenvalue weighted by Gasteiger charge is -2.37. The number of halogens is 2. The fraction of sp³-hybridized carbons (Fsp3) is 0.259. The lowest BCUT2D eigenvalue weighted by atomic mass is 10.1. The number of hydrogen-bond donors (Lipinski definition) is 0. The van der Waals surface area contributed by atoms with Crippen molar-refractivity contribution >= 4 is 34.2 Å². The number of benzene rings is 3. The van der Waals surface area contributed by atoms with Crippen LogP contribution >= 0.6 is 11.6 Å². The van der Waals surface area contributed by atoms with Crippen LogP contribution in [0.4, 0.5) is 10.1 Å². The Morgan fingerprint density at radius 1 is 1.00 bits per heavy atom. The Kier molecular flexibility index (Phi) is 6.24. The van der Waals surface area contributed by atoms with Crippen LogP contribution in [0.5, 0.6) is 0 Å². The van der Waals surface area contributed by atoms with Crippen molar-refractivity contribution in [3.8, 4) is 0 Å². The number of imidazole rings is 1. The van der Waals surface area contributed by atoms with Crippen LogP contribution in [0.25, 0.3) is 11.0 Å². The summed E-state index contributed by atoms with van der Waals surface area (Å²) in [6.07, 6.45) is 0.577. The number of nitrogens with zero attached hydrogens (tertiary/aromatic N) is 4. The van der Waals surface area contributed by atoms with E-state index in [0.717, 1.165) is 22.4 Å². The largest absolute Gasteiger partial charge is 0.366 e. The Balaban J connectivity index is 1.38. The van der Waals surface area contributed by atoms with Gasteiger partial charge < -0.3 is 14.4 Å². The molecule has 0 radical (unpaired) electrons. The molecule has 4 aromatic rings. The Morgan fingerprint density at radius 2 is 1.74 bits per heavy atom. The van der Waals surface area contributed by atoms with Gasteiger partial charge in [0.05, 0.1) is 16.7 Å². The molecule has 1 atom stereocenters. The molecule has 1 aromatic heterocycles. The fourth-order valence-corrected chi connectivity index (χ4v) is 4.94. The van der Waals surface area contributed by atoms with Crippen molar-refractivity contribution in [3.05, 3.63) is 95.0 Å². The molecule has 3 aromatic carbocycles. The van der Waals surface area contributed by atoms with Crippen molar-refractivity contribution in [2.45, 2.75) is 19.4 Å². The first-order chi connectivity index (χ1) is 16.5. The van der Waals surface area contributed by atoms with Crippen LogP contribution in [-0.4, -0.2) is 46.5 Å². The standard InChI is InChI=1S/C27H26ClFN4O/c1-19(27(34)32-15-13-31(14-16-32)24-11-4-2-9-22(24)29)33-25-12-5-3-10-23(25)30-26(33)18-20-7-6-8-21(28)17-20/h2-12,17,19H,13-16,18H2,1H3/t19-/m1/s1. The Bertz CT molecular complexity index is 1330. The lowest BCUT2D eigenvalue weighted by molar-refractivity contribution is -0.134. The molecule has 0 bridgehead atoms. The molecule has 1 amide bonds. The minimum absolute atomic E-state index is 0.0451. The van der Waals surface area contributed by atoms with Crippen LogP contribution < -0.4 is 4.90 Å². The summed E-state index contributed by atoms with van der Waals surface area (Å²) in [6, 6.07) is 22.0. The second-order valence-corrected chi connectivity index (χ2v) is 9.07. The summed E-state index contributed by atoms with van der Waals surface area (Å²) in [4.78, 5) is 22.3. The number of amides is 1. The fourth-order valence-electron chi connectivity index (χ4n) is 4.73. The first-order valence-corrected chi connectivity index (χ1v) is 11.9. The van der Waals surface area contributed by atoms with Crippen molar-refractivity contribution in [2.75, 3.05) is 31.1 Å². The average molecular weight is 477 g/mol. The summed E-state index contributed by atoms with van der Waals surface area (Å²) in [7, 11) is 0. The third-order valence-electron chi connectivity index (χ3n) is 6.45. The van der Waals surface area contributed by atoms with Crippen LogP contribution in [0.2, 0.25) is 5.02 Å². The van der Waals surface area contributed by atoms with Crippen molar-refractivity contribution in [1.82, 2.24) is 14.5 Å². The summed E-state index contributed by atoms with van der Waals surface area (Å²) >= 11 is 6.19. The van der Waals surface area contributed by atoms with Gasteiger partial charge in [0, 0.05) is 37.6 Å². The molecule has 0 spiro atoms. The van der Waals surface area contributed by atoms with E-state index in [9.17, 15) is 9.18 Å². The maximum absolute atomic E-state index is 14.2. The molecule has 5 nitrogen and oxygen atoms in total. The zero-order valence-electron chi connectivity index (χ0n) is 19.0. The minimum Gasteiger partial charge on any atom is -0.366 e. The zero-order chi connectivity index (χ0) is 23.7. The summed E-state index contributed by atoms with van der Waals surface area (Å²) in [5.74, 6) is 0.643. The van der Waals surface area contributed by atoms with Gasteiger partial charge in [-0.25, -0.2) is 9.37 Å². The van der Waals surface area contributed by atoms with E-state index in [1.54, 1.807) is 12.1 Å². The smallest absolute Gasteiger partial charge is 0.245 e. The molecule has 7 heteroatoms. The zero-order valence-corrected chi connectivity index (χ0v) is 19.8. The Hall–Kier alpha value is -3.38. The van der Waals surface area contributed by atoms with Gasteiger partial charge in [0.1, 0.15) is 17.7 Å². The molecule has 0 aliphatic carbocycles. The van der Waals surface area contributed by atoms with Gasteiger partial charge in [-0.05, 0) is 48.9 Å². The van der Waals surface area contributed by atoms with Gasteiger partial charge in [-0.1, -0.05) is 48.0 Å². The molecule has 1 saturated heterocycles. The monoisotopic (exact) mass is 476 g/mol. The maximum Gasteiger partial charge on any atom is 0.245 e. The van der Waals surface area contributed by atoms with Gasteiger partial charge in [0.15, 0.2) is 0 Å². The molecule has 174 valence electrons. The first-order valence-electron chi connectivity index (χ1n) is 11.5. The van der Waals surface area contributed by atoms with Crippen molar-refractivity contribution in [1.29, 1.82) is 0 Å². The second kappa shape index (κ2) is 9.47. The van der Waals surface area contributed by atoms with E-state index in [-0.39, 0.29) is 11.7 Å². The summed E-state index contributed by atoms with van der Waals surface area (Å²) < 4.78 is 16.2. The predicted octanol–water partition coefficient (Wildman–Crippen LogP) is 5.33. The highest BCUT2D eigenvalue weighted by molar-refractivity contribution is 6.30. The Labute approximate surface area is 203 Å². The van der Waals surface area contributed by atoms with Crippen LogP contribution in [0.3, 0.4) is 0 Å². The van der Waals surface area contributed by atoms with Gasteiger partial charge in [-0.2, -0.15) is 0 Å². The number of aromatic nitrogens is 2. The number of para-hydroxylation sites is 3. The summed E-state index contributed by atoms with van der Waals surface area (Å²) in [6.45, 7) is 4.22. The topological polar surface area (TPSA) is 41.4 Å². The highest BCUT2D eigenvalue weighted by atomic mass is 35.5. The third-order valence-corrected chi connectivity index (χ3v) is 6.68. The Morgan fingerprint density at radius 3 is 2.50 bits per heavy atom. The first kappa shape index (κ1) is 22.4. The van der Waals surface area contributed by atoms with E-state index >= 15 is 0 Å². The van der Waals surface area contributed by atoms with Crippen LogP contribution in [0.1, 0.15) is 24.4 Å². The molecule has 2 heterocycles. The molecular weight excluding hydrogens is 451 g/mol. The van der Waals surface area contributed by atoms with Crippen LogP contribution in [0, 0.1) is 5.82 Å². The van der Waals surface area contributed by atoms with E-state index in [1.165, 1.54) is 6.07 Å². The van der Waals surface area contributed by atoms with Crippen molar-refractivity contribution in [2.24, 2.45) is 0 Å². The molecule has 0 saturated carbocycles. The van der Waals surface area contributed by atoms with Gasteiger partial charge in [-0.15, -0.1) is 0 Å². The van der Waals surface area contributed by atoms with E-state index in [0.29, 0.717) is 43.3 Å². The number of carbonyl (C=O) groups is 1. The van der Waals surface area contributed by atoms with Crippen molar-refractivity contribution < 1.29 is 9.18 Å². The number of piperazine rings is 1. The predicted molar refractivity (Wildman–Crippen MR) is 134 cm³/mol. The molecule has 34 heavy (non-hydrogen) atoms. The summed E-state index contributed by atoms with van der Waals surface area (Å²) in [5, 5.41) is 0.678. The van der Waals surface area contributed by atoms with Crippen LogP contribution in [0.15, 0.2) is 72.8 Å². The molecule has 5 rings (SSSR count). The van der Waals surface area contributed by atoms with Gasteiger partial charge in [0.25, 0.3) is 0 Å². The molecule has 0 N–H and O–H groups in total. The molecule has 1 aliphatic rings. The van der Waals surface area contributed by atoms with Crippen molar-refractivity contribution in [3.63, 3.8) is 0 Å². The van der Waals surface area contributed by atoms with E-state index in [2.05, 4.69) is 0 Å². The van der Waals surface area contributed by atoms with Gasteiger partial charge >= 0.3 is 0 Å². The number of hydrogen-bond acceptors (Lipinski definition) is 3. The quantitative estimate of drug-likeness (QED) is 0.391. The third kappa shape index (κ3) is 4.38. The highest BCUT2D eigenvalue weighted by Gasteiger charge is 2.29. The average Bonchev–Trinajstić information content (AvgIpc) is 3.21. The van der Waals surface area contributed by atoms with E-state index in [4.69, 9.17) is 16.6 Å². The van der Waals surface area contributed by atoms with E-state index < -0.39 is 6.04 Å². The molecule has 1 aliphatic heterocycles. The number of carbonyl (C=O) groups excluding carboxylic acids is 1. The molecule has 1 fully saturated rings. The van der Waals surface area contributed by atoms with Gasteiger partial charge in [-0.3, -0.25) is 4.79 Å². The summed E-state index contributed by atoms with van der Waals surface area (Å²) in [5.41, 5.74) is 3.43. The maximum atomic E-state index is 14.2. The highest BCUT2D eigenvalue weighted by Crippen LogP contribution is 2.26. The number of anilines is 1.